The molecule has 1 aromatic carbocycles. The number of aromatic hydroxyl groups is 1. The zero-order chi connectivity index (χ0) is 16.6. The van der Waals surface area contributed by atoms with Crippen molar-refractivity contribution in [1.29, 1.82) is 0 Å². The Labute approximate surface area is 131 Å². The molecule has 6 heteroatoms. The fourth-order valence-corrected chi connectivity index (χ4v) is 1.67. The maximum Gasteiger partial charge on any atom is 0.407 e. The number of nitrogens with one attached hydrogen (secondary N) is 1. The molecule has 0 aromatic heterocycles. The summed E-state index contributed by atoms with van der Waals surface area (Å²) in [6.07, 6.45) is 0.254. The van der Waals surface area contributed by atoms with E-state index >= 15 is 0 Å². The number of carbonyl (C=O) groups is 1. The molecule has 22 heavy (non-hydrogen) atoms. The summed E-state index contributed by atoms with van der Waals surface area (Å²) in [5.41, 5.74) is 0.221. The van der Waals surface area contributed by atoms with E-state index in [2.05, 4.69) is 5.32 Å². The number of hydrogen-bond acceptors (Lipinski definition) is 5. The Morgan fingerprint density at radius 1 is 1.27 bits per heavy atom. The van der Waals surface area contributed by atoms with Gasteiger partial charge in [0.1, 0.15) is 5.60 Å². The van der Waals surface area contributed by atoms with Gasteiger partial charge in [-0.25, -0.2) is 4.79 Å². The van der Waals surface area contributed by atoms with Crippen molar-refractivity contribution in [2.24, 2.45) is 0 Å². The monoisotopic (exact) mass is 311 g/mol. The summed E-state index contributed by atoms with van der Waals surface area (Å²) in [6, 6.07) is 5.01. The maximum atomic E-state index is 11.6. The number of ether oxygens (including phenoxy) is 3. The molecule has 124 valence electrons. The first-order valence-corrected chi connectivity index (χ1v) is 7.22. The first-order valence-electron chi connectivity index (χ1n) is 7.22. The van der Waals surface area contributed by atoms with Crippen LogP contribution in [0.25, 0.3) is 0 Å². The summed E-state index contributed by atoms with van der Waals surface area (Å²) < 4.78 is 15.5. The van der Waals surface area contributed by atoms with Crippen molar-refractivity contribution in [3.05, 3.63) is 23.8 Å². The van der Waals surface area contributed by atoms with Crippen molar-refractivity contribution in [1.82, 2.24) is 5.32 Å². The van der Waals surface area contributed by atoms with E-state index in [1.165, 1.54) is 0 Å². The van der Waals surface area contributed by atoms with Crippen LogP contribution in [0, 0.1) is 0 Å². The van der Waals surface area contributed by atoms with Crippen LogP contribution in [0.5, 0.6) is 11.5 Å². The Morgan fingerprint density at radius 3 is 2.59 bits per heavy atom. The molecule has 1 aromatic rings. The molecule has 0 saturated heterocycles. The SMILES string of the molecule is COCCCOc1ccc(CNC(=O)OC(C)(C)C)cc1O. The number of phenolic OH excluding ortho intramolecular Hbond substituents is 1. The smallest absolute Gasteiger partial charge is 0.407 e. The summed E-state index contributed by atoms with van der Waals surface area (Å²) in [7, 11) is 1.63. The fraction of sp³-hybridized carbons (Fsp3) is 0.562. The van der Waals surface area contributed by atoms with Crippen LogP contribution in [0.3, 0.4) is 0 Å². The molecule has 0 aliphatic carbocycles. The predicted molar refractivity (Wildman–Crippen MR) is 83.2 cm³/mol. The highest BCUT2D eigenvalue weighted by Crippen LogP contribution is 2.26. The normalized spacial score (nSPS) is 11.1. The van der Waals surface area contributed by atoms with Crippen molar-refractivity contribution < 1.29 is 24.1 Å². The number of methoxy groups -OCH3 is 1. The van der Waals surface area contributed by atoms with Crippen LogP contribution in [-0.2, 0) is 16.0 Å². The summed E-state index contributed by atoms with van der Waals surface area (Å²) in [6.45, 7) is 6.75. The molecule has 0 spiro atoms. The molecule has 0 radical (unpaired) electrons. The third-order valence-electron chi connectivity index (χ3n) is 2.61. The number of rotatable bonds is 7. The van der Waals surface area contributed by atoms with Gasteiger partial charge in [-0.15, -0.1) is 0 Å². The number of carbonyl (C=O) groups excluding carboxylic acids is 1. The van der Waals surface area contributed by atoms with Crippen LogP contribution in [0.4, 0.5) is 4.79 Å². The van der Waals surface area contributed by atoms with E-state index in [9.17, 15) is 9.90 Å². The molecule has 0 unspecified atom stereocenters. The molecular formula is C16H25NO5. The van der Waals surface area contributed by atoms with Gasteiger partial charge in [0.15, 0.2) is 11.5 Å². The molecule has 0 heterocycles. The third kappa shape index (κ3) is 7.17. The Bertz CT molecular complexity index is 482. The Morgan fingerprint density at radius 2 is 2.00 bits per heavy atom. The molecular weight excluding hydrogens is 286 g/mol. The standard InChI is InChI=1S/C16H25NO5/c1-16(2,3)22-15(19)17-11-12-6-7-14(13(18)10-12)21-9-5-8-20-4/h6-7,10,18H,5,8-9,11H2,1-4H3,(H,17,19). The predicted octanol–water partition coefficient (Wildman–Crippen LogP) is 2.83. The minimum atomic E-state index is -0.536. The first-order chi connectivity index (χ1) is 10.3. The lowest BCUT2D eigenvalue weighted by atomic mass is 10.2. The van der Waals surface area contributed by atoms with Gasteiger partial charge in [0.25, 0.3) is 0 Å². The summed E-state index contributed by atoms with van der Waals surface area (Å²) in [4.78, 5) is 11.6. The van der Waals surface area contributed by atoms with Crippen molar-refractivity contribution >= 4 is 6.09 Å². The lowest BCUT2D eigenvalue weighted by Crippen LogP contribution is -2.32. The van der Waals surface area contributed by atoms with E-state index in [0.29, 0.717) is 19.0 Å². The lowest BCUT2D eigenvalue weighted by Gasteiger charge is -2.19. The van der Waals surface area contributed by atoms with E-state index in [1.807, 2.05) is 0 Å². The van der Waals surface area contributed by atoms with E-state index < -0.39 is 11.7 Å². The number of phenols is 1. The van der Waals surface area contributed by atoms with Gasteiger partial charge >= 0.3 is 6.09 Å². The zero-order valence-corrected chi connectivity index (χ0v) is 13.6. The molecule has 1 rings (SSSR count). The molecule has 1 amide bonds. The quantitative estimate of drug-likeness (QED) is 0.757. The van der Waals surface area contributed by atoms with Gasteiger partial charge in [-0.1, -0.05) is 6.07 Å². The second-order valence-electron chi connectivity index (χ2n) is 5.85. The highest BCUT2D eigenvalue weighted by Gasteiger charge is 2.15. The topological polar surface area (TPSA) is 77.0 Å². The second kappa shape index (κ2) is 8.48. The number of hydrogen-bond donors (Lipinski definition) is 2. The Hall–Kier alpha value is -1.95. The van der Waals surface area contributed by atoms with Crippen LogP contribution in [0.2, 0.25) is 0 Å². The Kier molecular flexibility index (Phi) is 6.98. The molecule has 0 saturated carbocycles. The number of alkyl carbamates (subject to hydrolysis) is 1. The van der Waals surface area contributed by atoms with Crippen LogP contribution in [0.1, 0.15) is 32.8 Å². The summed E-state index contributed by atoms with van der Waals surface area (Å²) >= 11 is 0. The van der Waals surface area contributed by atoms with Gasteiger partial charge in [0, 0.05) is 26.7 Å². The van der Waals surface area contributed by atoms with E-state index in [-0.39, 0.29) is 12.3 Å². The first kappa shape index (κ1) is 18.1. The molecule has 0 aliphatic rings. The van der Waals surface area contributed by atoms with Crippen molar-refractivity contribution in [2.75, 3.05) is 20.3 Å². The molecule has 2 N–H and O–H groups in total. The van der Waals surface area contributed by atoms with Crippen molar-refractivity contribution in [2.45, 2.75) is 39.3 Å². The van der Waals surface area contributed by atoms with Gasteiger partial charge in [0.2, 0.25) is 0 Å². The second-order valence-corrected chi connectivity index (χ2v) is 5.85. The lowest BCUT2D eigenvalue weighted by molar-refractivity contribution is 0.0523. The summed E-state index contributed by atoms with van der Waals surface area (Å²) in [5, 5.41) is 12.5. The Balaban J connectivity index is 2.46. The third-order valence-corrected chi connectivity index (χ3v) is 2.61. The van der Waals surface area contributed by atoms with Crippen LogP contribution >= 0.6 is 0 Å². The highest BCUT2D eigenvalue weighted by molar-refractivity contribution is 5.67. The minimum absolute atomic E-state index is 0.0425. The largest absolute Gasteiger partial charge is 0.504 e. The van der Waals surface area contributed by atoms with Gasteiger partial charge in [-0.3, -0.25) is 0 Å². The molecule has 0 fully saturated rings. The molecule has 0 bridgehead atoms. The van der Waals surface area contributed by atoms with Crippen molar-refractivity contribution in [3.63, 3.8) is 0 Å². The average molecular weight is 311 g/mol. The molecule has 0 atom stereocenters. The minimum Gasteiger partial charge on any atom is -0.504 e. The highest BCUT2D eigenvalue weighted by atomic mass is 16.6. The zero-order valence-electron chi connectivity index (χ0n) is 13.6. The summed E-state index contributed by atoms with van der Waals surface area (Å²) in [5.74, 6) is 0.457. The van der Waals surface area contributed by atoms with Crippen molar-refractivity contribution in [3.8, 4) is 11.5 Å². The van der Waals surface area contributed by atoms with Crippen LogP contribution in [0.15, 0.2) is 18.2 Å². The van der Waals surface area contributed by atoms with Gasteiger partial charge in [0.05, 0.1) is 6.61 Å². The molecule has 0 aliphatic heterocycles. The number of benzene rings is 1. The van der Waals surface area contributed by atoms with E-state index in [4.69, 9.17) is 14.2 Å². The van der Waals surface area contributed by atoms with E-state index in [1.54, 1.807) is 46.1 Å². The van der Waals surface area contributed by atoms with Gasteiger partial charge < -0.3 is 24.6 Å². The number of amides is 1. The maximum absolute atomic E-state index is 11.6. The van der Waals surface area contributed by atoms with Crippen LogP contribution < -0.4 is 10.1 Å². The van der Waals surface area contributed by atoms with Crippen LogP contribution in [-0.4, -0.2) is 37.1 Å². The van der Waals surface area contributed by atoms with E-state index in [0.717, 1.165) is 12.0 Å². The van der Waals surface area contributed by atoms with Gasteiger partial charge in [-0.05, 0) is 38.5 Å². The fourth-order valence-electron chi connectivity index (χ4n) is 1.67. The molecule has 6 nitrogen and oxygen atoms in total. The average Bonchev–Trinajstić information content (AvgIpc) is 2.41. The van der Waals surface area contributed by atoms with Gasteiger partial charge in [-0.2, -0.15) is 0 Å².